The molecule has 0 saturated carbocycles. The van der Waals surface area contributed by atoms with Crippen LogP contribution in [0, 0.1) is 11.3 Å². The Morgan fingerprint density at radius 3 is 2.26 bits per heavy atom. The normalized spacial score (nSPS) is 20.6. The molecule has 8 nitrogen and oxygen atoms in total. The van der Waals surface area contributed by atoms with E-state index in [2.05, 4.69) is 25.7 Å². The van der Waals surface area contributed by atoms with Crippen molar-refractivity contribution in [2.75, 3.05) is 27.4 Å². The van der Waals surface area contributed by atoms with Gasteiger partial charge in [-0.05, 0) is 44.3 Å². The lowest BCUT2D eigenvalue weighted by atomic mass is 9.89. The first-order chi connectivity index (χ1) is 16.1. The van der Waals surface area contributed by atoms with Crippen molar-refractivity contribution in [2.45, 2.75) is 44.0 Å². The van der Waals surface area contributed by atoms with E-state index in [0.717, 1.165) is 16.9 Å². The van der Waals surface area contributed by atoms with Crippen LogP contribution in [0.4, 0.5) is 0 Å². The SMILES string of the molecule is COc1ccc2c(c1)OCCC2(C#N)O[Si](C)(C)C.COc1ccc2c(c1)OCCC2C(=O)O. The Kier molecular flexibility index (Phi) is 7.74. The summed E-state index contributed by atoms with van der Waals surface area (Å²) in [5.41, 5.74) is 0.656. The van der Waals surface area contributed by atoms with Crippen molar-refractivity contribution >= 4 is 14.3 Å². The van der Waals surface area contributed by atoms with E-state index in [-0.39, 0.29) is 0 Å². The van der Waals surface area contributed by atoms with E-state index < -0.39 is 25.8 Å². The first-order valence-corrected chi connectivity index (χ1v) is 14.5. The summed E-state index contributed by atoms with van der Waals surface area (Å²) in [5.74, 6) is 1.45. The maximum absolute atomic E-state index is 11.0. The van der Waals surface area contributed by atoms with Crippen LogP contribution in [0.25, 0.3) is 0 Å². The number of benzene rings is 2. The number of hydrogen-bond acceptors (Lipinski definition) is 7. The van der Waals surface area contributed by atoms with Gasteiger partial charge in [-0.1, -0.05) is 6.07 Å². The Morgan fingerprint density at radius 1 is 1.06 bits per heavy atom. The number of hydrogen-bond donors (Lipinski definition) is 1. The summed E-state index contributed by atoms with van der Waals surface area (Å²) in [6.07, 6.45) is 1.09. The molecule has 0 amide bonds. The quantitative estimate of drug-likeness (QED) is 0.608. The van der Waals surface area contributed by atoms with E-state index in [9.17, 15) is 10.1 Å². The van der Waals surface area contributed by atoms with Crippen molar-refractivity contribution in [3.05, 3.63) is 47.5 Å². The van der Waals surface area contributed by atoms with E-state index in [1.165, 1.54) is 0 Å². The Hall–Kier alpha value is -3.22. The van der Waals surface area contributed by atoms with Crippen molar-refractivity contribution in [3.63, 3.8) is 0 Å². The summed E-state index contributed by atoms with van der Waals surface area (Å²) in [6, 6.07) is 13.1. The fourth-order valence-electron chi connectivity index (χ4n) is 4.04. The third-order valence-corrected chi connectivity index (χ3v) is 6.52. The lowest BCUT2D eigenvalue weighted by Gasteiger charge is -2.37. The van der Waals surface area contributed by atoms with Crippen molar-refractivity contribution in [2.24, 2.45) is 0 Å². The van der Waals surface area contributed by atoms with Crippen LogP contribution in [0.1, 0.15) is 29.9 Å². The van der Waals surface area contributed by atoms with E-state index in [1.54, 1.807) is 32.4 Å². The van der Waals surface area contributed by atoms with Gasteiger partial charge in [-0.3, -0.25) is 4.79 Å². The maximum Gasteiger partial charge on any atom is 0.311 e. The molecule has 2 aliphatic rings. The second kappa shape index (κ2) is 10.4. The molecule has 0 fully saturated rings. The molecule has 2 aromatic rings. The molecule has 0 spiro atoms. The molecule has 2 aliphatic heterocycles. The number of nitrogens with zero attached hydrogens (tertiary/aromatic N) is 1. The predicted octanol–water partition coefficient (Wildman–Crippen LogP) is 4.69. The highest BCUT2D eigenvalue weighted by Crippen LogP contribution is 2.42. The number of carbonyl (C=O) groups is 1. The molecule has 9 heteroatoms. The van der Waals surface area contributed by atoms with Crippen molar-refractivity contribution in [3.8, 4) is 29.1 Å². The van der Waals surface area contributed by atoms with Gasteiger partial charge in [0.05, 0.1) is 33.4 Å². The number of carboxylic acid groups (broad SMARTS) is 1. The van der Waals surface area contributed by atoms with Gasteiger partial charge in [0.2, 0.25) is 0 Å². The monoisotopic (exact) mass is 485 g/mol. The average Bonchev–Trinajstić information content (AvgIpc) is 2.82. The van der Waals surface area contributed by atoms with Crippen LogP contribution < -0.4 is 18.9 Å². The van der Waals surface area contributed by atoms with Gasteiger partial charge in [0.25, 0.3) is 0 Å². The summed E-state index contributed by atoms with van der Waals surface area (Å²) < 4.78 is 27.5. The molecule has 2 unspecified atom stereocenters. The van der Waals surface area contributed by atoms with Gasteiger partial charge in [0.1, 0.15) is 29.1 Å². The first kappa shape index (κ1) is 25.4. The molecular weight excluding hydrogens is 454 g/mol. The lowest BCUT2D eigenvalue weighted by Crippen LogP contribution is -2.42. The van der Waals surface area contributed by atoms with Gasteiger partial charge in [0.15, 0.2) is 13.9 Å². The zero-order valence-corrected chi connectivity index (χ0v) is 21.2. The van der Waals surface area contributed by atoms with E-state index in [0.29, 0.717) is 43.3 Å². The standard InChI is InChI=1S/C14H19NO3Si.C11H12O4/c1-16-11-5-6-12-13(9-11)17-8-7-14(12,10-15)18-19(2,3)4;1-14-7-2-3-8-9(11(12)13)4-5-15-10(8)6-7/h5-6,9H,7-8H2,1-4H3;2-3,6,9H,4-5H2,1H3,(H,12,13). The summed E-state index contributed by atoms with van der Waals surface area (Å²) in [7, 11) is 1.34. The molecule has 0 bridgehead atoms. The maximum atomic E-state index is 11.0. The molecule has 4 rings (SSSR count). The van der Waals surface area contributed by atoms with Crippen LogP contribution in [-0.4, -0.2) is 46.8 Å². The van der Waals surface area contributed by atoms with Gasteiger partial charge < -0.3 is 28.5 Å². The number of methoxy groups -OCH3 is 2. The topological polar surface area (TPSA) is 107 Å². The van der Waals surface area contributed by atoms with Crippen LogP contribution in [0.2, 0.25) is 19.6 Å². The van der Waals surface area contributed by atoms with E-state index >= 15 is 0 Å². The van der Waals surface area contributed by atoms with Crippen LogP contribution in [0.3, 0.4) is 0 Å². The minimum absolute atomic E-state index is 0.442. The van der Waals surface area contributed by atoms with Gasteiger partial charge in [-0.2, -0.15) is 5.26 Å². The fourth-order valence-corrected chi connectivity index (χ4v) is 5.35. The van der Waals surface area contributed by atoms with Gasteiger partial charge in [0, 0.05) is 29.7 Å². The predicted molar refractivity (Wildman–Crippen MR) is 128 cm³/mol. The molecule has 0 aliphatic carbocycles. The molecule has 0 radical (unpaired) electrons. The fraction of sp³-hybridized carbons (Fsp3) is 0.440. The molecule has 1 N–H and O–H groups in total. The number of fused-ring (bicyclic) bond motifs is 2. The highest BCUT2D eigenvalue weighted by molar-refractivity contribution is 6.69. The zero-order chi connectivity index (χ0) is 24.9. The summed E-state index contributed by atoms with van der Waals surface area (Å²) in [6.45, 7) is 7.19. The number of rotatable bonds is 5. The first-order valence-electron chi connectivity index (χ1n) is 11.1. The molecule has 2 atom stereocenters. The Bertz CT molecular complexity index is 1080. The number of aliphatic carboxylic acids is 1. The zero-order valence-electron chi connectivity index (χ0n) is 20.2. The number of nitriles is 1. The minimum atomic E-state index is -1.84. The molecule has 0 saturated heterocycles. The molecule has 2 aromatic carbocycles. The Labute approximate surface area is 201 Å². The lowest BCUT2D eigenvalue weighted by molar-refractivity contribution is -0.139. The molecule has 2 heterocycles. The van der Waals surface area contributed by atoms with Crippen molar-refractivity contribution in [1.82, 2.24) is 0 Å². The van der Waals surface area contributed by atoms with Crippen molar-refractivity contribution in [1.29, 1.82) is 5.26 Å². The summed E-state index contributed by atoms with van der Waals surface area (Å²) >= 11 is 0. The second-order valence-electron chi connectivity index (χ2n) is 9.05. The third kappa shape index (κ3) is 5.63. The van der Waals surface area contributed by atoms with Crippen molar-refractivity contribution < 1.29 is 33.3 Å². The number of carboxylic acids is 1. The molecule has 0 aromatic heterocycles. The number of ether oxygens (including phenoxy) is 4. The second-order valence-corrected chi connectivity index (χ2v) is 13.5. The third-order valence-electron chi connectivity index (χ3n) is 5.55. The molecule has 34 heavy (non-hydrogen) atoms. The largest absolute Gasteiger partial charge is 0.497 e. The van der Waals surface area contributed by atoms with Crippen LogP contribution >= 0.6 is 0 Å². The van der Waals surface area contributed by atoms with Gasteiger partial charge in [-0.15, -0.1) is 0 Å². The Morgan fingerprint density at radius 2 is 1.68 bits per heavy atom. The van der Waals surface area contributed by atoms with Crippen LogP contribution in [-0.2, 0) is 14.8 Å². The smallest absolute Gasteiger partial charge is 0.311 e. The van der Waals surface area contributed by atoms with Gasteiger partial charge >= 0.3 is 5.97 Å². The highest BCUT2D eigenvalue weighted by Gasteiger charge is 2.42. The van der Waals surface area contributed by atoms with E-state index in [4.69, 9.17) is 28.5 Å². The van der Waals surface area contributed by atoms with E-state index in [1.807, 2.05) is 18.2 Å². The summed E-state index contributed by atoms with van der Waals surface area (Å²) in [4.78, 5) is 11.0. The molecule has 182 valence electrons. The highest BCUT2D eigenvalue weighted by atomic mass is 28.4. The van der Waals surface area contributed by atoms with Gasteiger partial charge in [-0.25, -0.2) is 0 Å². The molecular formula is C25H31NO7Si. The van der Waals surface area contributed by atoms with Crippen LogP contribution in [0.15, 0.2) is 36.4 Å². The Balaban J connectivity index is 0.000000196. The van der Waals surface area contributed by atoms with Crippen LogP contribution in [0.5, 0.6) is 23.0 Å². The minimum Gasteiger partial charge on any atom is -0.497 e. The average molecular weight is 486 g/mol. The summed E-state index contributed by atoms with van der Waals surface area (Å²) in [5, 5.41) is 18.7.